The van der Waals surface area contributed by atoms with Gasteiger partial charge < -0.3 is 15.7 Å². The van der Waals surface area contributed by atoms with E-state index < -0.39 is 5.97 Å². The molecule has 5 heteroatoms. The predicted octanol–water partition coefficient (Wildman–Crippen LogP) is 1.34. The molecule has 1 saturated carbocycles. The molecule has 0 aromatic heterocycles. The first-order chi connectivity index (χ1) is 7.39. The van der Waals surface area contributed by atoms with Crippen molar-refractivity contribution in [1.29, 1.82) is 0 Å². The molecule has 5 nitrogen and oxygen atoms in total. The maximum atomic E-state index is 11.3. The van der Waals surface area contributed by atoms with Crippen LogP contribution in [0, 0.1) is 5.41 Å². The zero-order valence-corrected chi connectivity index (χ0v) is 9.88. The molecule has 0 saturated heterocycles. The van der Waals surface area contributed by atoms with E-state index >= 15 is 0 Å². The van der Waals surface area contributed by atoms with Crippen molar-refractivity contribution in [3.63, 3.8) is 0 Å². The fraction of sp³-hybridized carbons (Fsp3) is 0.818. The van der Waals surface area contributed by atoms with Gasteiger partial charge in [0.25, 0.3) is 0 Å². The summed E-state index contributed by atoms with van der Waals surface area (Å²) in [5.41, 5.74) is 0.267. The molecule has 1 fully saturated rings. The van der Waals surface area contributed by atoms with Crippen molar-refractivity contribution in [2.75, 3.05) is 6.54 Å². The molecule has 0 bridgehead atoms. The number of rotatable bonds is 3. The highest BCUT2D eigenvalue weighted by atomic mass is 16.4. The van der Waals surface area contributed by atoms with Crippen LogP contribution in [0.3, 0.4) is 0 Å². The number of aliphatic carboxylic acids is 1. The zero-order valence-electron chi connectivity index (χ0n) is 9.88. The number of urea groups is 1. The summed E-state index contributed by atoms with van der Waals surface area (Å²) in [7, 11) is 0. The van der Waals surface area contributed by atoms with Crippen LogP contribution in [0.5, 0.6) is 0 Å². The van der Waals surface area contributed by atoms with Crippen LogP contribution in [-0.4, -0.2) is 29.7 Å². The van der Waals surface area contributed by atoms with Crippen molar-refractivity contribution in [1.82, 2.24) is 10.6 Å². The van der Waals surface area contributed by atoms with Crippen LogP contribution >= 0.6 is 0 Å². The van der Waals surface area contributed by atoms with E-state index in [-0.39, 0.29) is 24.0 Å². The lowest BCUT2D eigenvalue weighted by Crippen LogP contribution is -2.46. The van der Waals surface area contributed by atoms with E-state index in [1.165, 1.54) is 6.42 Å². The van der Waals surface area contributed by atoms with Crippen LogP contribution in [0.25, 0.3) is 0 Å². The second-order valence-electron chi connectivity index (χ2n) is 5.18. The van der Waals surface area contributed by atoms with E-state index in [0.717, 1.165) is 19.3 Å². The standard InChI is InChI=1S/C11H20N2O3/c1-11(2)5-3-4-8(6-11)13-10(16)12-7-9(14)15/h8H,3-7H2,1-2H3,(H,14,15)(H2,12,13,16). The molecule has 16 heavy (non-hydrogen) atoms. The van der Waals surface area contributed by atoms with Gasteiger partial charge in [-0.25, -0.2) is 4.79 Å². The molecule has 0 radical (unpaired) electrons. The number of carboxylic acid groups (broad SMARTS) is 1. The Labute approximate surface area is 95.6 Å². The lowest BCUT2D eigenvalue weighted by atomic mass is 9.75. The molecule has 0 aromatic carbocycles. The van der Waals surface area contributed by atoms with Gasteiger partial charge in [0.2, 0.25) is 0 Å². The van der Waals surface area contributed by atoms with Gasteiger partial charge >= 0.3 is 12.0 Å². The van der Waals surface area contributed by atoms with E-state index in [1.54, 1.807) is 0 Å². The van der Waals surface area contributed by atoms with Gasteiger partial charge in [0.05, 0.1) is 0 Å². The number of carboxylic acids is 1. The fourth-order valence-corrected chi connectivity index (χ4v) is 2.21. The topological polar surface area (TPSA) is 78.4 Å². The number of hydrogen-bond donors (Lipinski definition) is 3. The minimum Gasteiger partial charge on any atom is -0.480 e. The third kappa shape index (κ3) is 4.51. The minimum atomic E-state index is -1.03. The molecule has 1 aliphatic rings. The molecule has 0 aliphatic heterocycles. The Bertz CT molecular complexity index is 276. The van der Waals surface area contributed by atoms with E-state index in [4.69, 9.17) is 5.11 Å². The molecular weight excluding hydrogens is 208 g/mol. The first-order valence-corrected chi connectivity index (χ1v) is 5.65. The smallest absolute Gasteiger partial charge is 0.323 e. The van der Waals surface area contributed by atoms with Crippen molar-refractivity contribution in [3.8, 4) is 0 Å². The molecule has 1 atom stereocenters. The Morgan fingerprint density at radius 2 is 2.12 bits per heavy atom. The van der Waals surface area contributed by atoms with Crippen LogP contribution in [0.15, 0.2) is 0 Å². The van der Waals surface area contributed by atoms with Gasteiger partial charge in [-0.2, -0.15) is 0 Å². The molecular formula is C11H20N2O3. The molecule has 1 rings (SSSR count). The maximum absolute atomic E-state index is 11.3. The quantitative estimate of drug-likeness (QED) is 0.682. The molecule has 0 spiro atoms. The number of hydrogen-bond acceptors (Lipinski definition) is 2. The van der Waals surface area contributed by atoms with E-state index in [2.05, 4.69) is 24.5 Å². The summed E-state index contributed by atoms with van der Waals surface area (Å²) in [5.74, 6) is -1.03. The molecule has 1 aliphatic carbocycles. The predicted molar refractivity (Wildman–Crippen MR) is 60.2 cm³/mol. The van der Waals surface area contributed by atoms with Crippen molar-refractivity contribution in [2.45, 2.75) is 45.6 Å². The lowest BCUT2D eigenvalue weighted by molar-refractivity contribution is -0.135. The number of amides is 2. The van der Waals surface area contributed by atoms with Gasteiger partial charge in [0, 0.05) is 6.04 Å². The van der Waals surface area contributed by atoms with E-state index in [9.17, 15) is 9.59 Å². The van der Waals surface area contributed by atoms with Gasteiger partial charge in [-0.1, -0.05) is 20.3 Å². The maximum Gasteiger partial charge on any atom is 0.323 e. The van der Waals surface area contributed by atoms with Crippen molar-refractivity contribution in [3.05, 3.63) is 0 Å². The van der Waals surface area contributed by atoms with Crippen LogP contribution in [-0.2, 0) is 4.79 Å². The Morgan fingerprint density at radius 1 is 1.44 bits per heavy atom. The zero-order chi connectivity index (χ0) is 12.2. The highest BCUT2D eigenvalue weighted by Gasteiger charge is 2.28. The van der Waals surface area contributed by atoms with Crippen molar-refractivity contribution in [2.24, 2.45) is 5.41 Å². The van der Waals surface area contributed by atoms with E-state index in [1.807, 2.05) is 0 Å². The summed E-state index contributed by atoms with van der Waals surface area (Å²) >= 11 is 0. The molecule has 0 heterocycles. The van der Waals surface area contributed by atoms with Crippen molar-refractivity contribution >= 4 is 12.0 Å². The molecule has 2 amide bonds. The fourth-order valence-electron chi connectivity index (χ4n) is 2.21. The molecule has 0 aromatic rings. The summed E-state index contributed by atoms with van der Waals surface area (Å²) in [6.07, 6.45) is 4.22. The monoisotopic (exact) mass is 228 g/mol. The molecule has 1 unspecified atom stereocenters. The van der Waals surface area contributed by atoms with E-state index in [0.29, 0.717) is 0 Å². The Morgan fingerprint density at radius 3 is 2.69 bits per heavy atom. The van der Waals surface area contributed by atoms with Gasteiger partial charge in [0.1, 0.15) is 6.54 Å². The summed E-state index contributed by atoms with van der Waals surface area (Å²) < 4.78 is 0. The van der Waals surface area contributed by atoms with Crippen molar-refractivity contribution < 1.29 is 14.7 Å². The molecule has 3 N–H and O–H groups in total. The largest absolute Gasteiger partial charge is 0.480 e. The molecule has 92 valence electrons. The Hall–Kier alpha value is -1.26. The normalized spacial score (nSPS) is 23.5. The van der Waals surface area contributed by atoms with Gasteiger partial charge in [-0.15, -0.1) is 0 Å². The highest BCUT2D eigenvalue weighted by molar-refractivity contribution is 5.79. The second kappa shape index (κ2) is 5.18. The SMILES string of the molecule is CC1(C)CCCC(NC(=O)NCC(=O)O)C1. The lowest BCUT2D eigenvalue weighted by Gasteiger charge is -2.35. The first kappa shape index (κ1) is 12.8. The highest BCUT2D eigenvalue weighted by Crippen LogP contribution is 2.34. The number of carbonyl (C=O) groups is 2. The number of nitrogens with one attached hydrogen (secondary N) is 2. The van der Waals surface area contributed by atoms with Gasteiger partial charge in [-0.05, 0) is 24.7 Å². The van der Waals surface area contributed by atoms with Crippen LogP contribution in [0.2, 0.25) is 0 Å². The van der Waals surface area contributed by atoms with Crippen LogP contribution in [0.4, 0.5) is 4.79 Å². The van der Waals surface area contributed by atoms with Crippen LogP contribution < -0.4 is 10.6 Å². The Balaban J connectivity index is 2.31. The van der Waals surface area contributed by atoms with Gasteiger partial charge in [0.15, 0.2) is 0 Å². The third-order valence-electron chi connectivity index (χ3n) is 2.94. The summed E-state index contributed by atoms with van der Waals surface area (Å²) in [6, 6.07) is -0.220. The van der Waals surface area contributed by atoms with Crippen LogP contribution in [0.1, 0.15) is 39.5 Å². The minimum absolute atomic E-state index is 0.164. The summed E-state index contributed by atoms with van der Waals surface area (Å²) in [5, 5.41) is 13.5. The number of carbonyl (C=O) groups excluding carboxylic acids is 1. The average molecular weight is 228 g/mol. The summed E-state index contributed by atoms with van der Waals surface area (Å²) in [4.78, 5) is 21.6. The first-order valence-electron chi connectivity index (χ1n) is 5.65. The van der Waals surface area contributed by atoms with Gasteiger partial charge in [-0.3, -0.25) is 4.79 Å². The second-order valence-corrected chi connectivity index (χ2v) is 5.18. The Kier molecular flexibility index (Phi) is 4.15. The average Bonchev–Trinajstić information content (AvgIpc) is 2.13. The summed E-state index contributed by atoms with van der Waals surface area (Å²) in [6.45, 7) is 4.05. The third-order valence-corrected chi connectivity index (χ3v) is 2.94.